The van der Waals surface area contributed by atoms with Gasteiger partial charge in [-0.15, -0.1) is 0 Å². The van der Waals surface area contributed by atoms with Crippen LogP contribution in [-0.4, -0.2) is 11.7 Å². The molecule has 0 radical (unpaired) electrons. The first kappa shape index (κ1) is 13.9. The van der Waals surface area contributed by atoms with E-state index in [0.29, 0.717) is 16.8 Å². The number of aryl methyl sites for hydroxylation is 1. The molecule has 20 heavy (non-hydrogen) atoms. The van der Waals surface area contributed by atoms with Gasteiger partial charge in [-0.2, -0.15) is 0 Å². The van der Waals surface area contributed by atoms with E-state index in [4.69, 9.17) is 0 Å². The zero-order valence-corrected chi connectivity index (χ0v) is 11.2. The van der Waals surface area contributed by atoms with Crippen LogP contribution in [0.15, 0.2) is 42.5 Å². The standard InChI is InChI=1S/C16H14FNO2/c1-10-3-4-13(9-15(10)17)16(20)18-14-7-5-12(6-8-14)11(2)19/h3-9H,1-2H3,(H,18,20). The van der Waals surface area contributed by atoms with Gasteiger partial charge < -0.3 is 5.32 Å². The van der Waals surface area contributed by atoms with Crippen LogP contribution in [-0.2, 0) is 0 Å². The Kier molecular flexibility index (Phi) is 3.94. The molecule has 0 heterocycles. The molecule has 4 heteroatoms. The lowest BCUT2D eigenvalue weighted by Gasteiger charge is -2.06. The summed E-state index contributed by atoms with van der Waals surface area (Å²) < 4.78 is 13.4. The largest absolute Gasteiger partial charge is 0.322 e. The zero-order chi connectivity index (χ0) is 14.7. The molecule has 0 saturated heterocycles. The Morgan fingerprint density at radius 1 is 1.00 bits per heavy atom. The van der Waals surface area contributed by atoms with Crippen LogP contribution < -0.4 is 5.32 Å². The molecule has 0 fully saturated rings. The predicted molar refractivity (Wildman–Crippen MR) is 75.5 cm³/mol. The number of ketones is 1. The highest BCUT2D eigenvalue weighted by molar-refractivity contribution is 6.04. The maximum atomic E-state index is 13.4. The maximum absolute atomic E-state index is 13.4. The number of halogens is 1. The predicted octanol–water partition coefficient (Wildman–Crippen LogP) is 3.59. The van der Waals surface area contributed by atoms with E-state index >= 15 is 0 Å². The van der Waals surface area contributed by atoms with Gasteiger partial charge in [-0.05, 0) is 55.8 Å². The Morgan fingerprint density at radius 2 is 1.60 bits per heavy atom. The molecule has 2 aromatic rings. The van der Waals surface area contributed by atoms with Gasteiger partial charge in [0.1, 0.15) is 5.82 Å². The molecule has 0 bridgehead atoms. The summed E-state index contributed by atoms with van der Waals surface area (Å²) in [5, 5.41) is 2.65. The molecular weight excluding hydrogens is 257 g/mol. The molecule has 2 aromatic carbocycles. The molecule has 2 rings (SSSR count). The fourth-order valence-electron chi connectivity index (χ4n) is 1.73. The fourth-order valence-corrected chi connectivity index (χ4v) is 1.73. The summed E-state index contributed by atoms with van der Waals surface area (Å²) in [4.78, 5) is 23.1. The number of benzene rings is 2. The summed E-state index contributed by atoms with van der Waals surface area (Å²) in [7, 11) is 0. The van der Waals surface area contributed by atoms with Gasteiger partial charge in [0.2, 0.25) is 0 Å². The van der Waals surface area contributed by atoms with Crippen molar-refractivity contribution in [2.75, 3.05) is 5.32 Å². The first-order valence-corrected chi connectivity index (χ1v) is 6.16. The molecule has 0 unspecified atom stereocenters. The summed E-state index contributed by atoms with van der Waals surface area (Å²) in [6, 6.07) is 10.9. The second kappa shape index (κ2) is 5.65. The summed E-state index contributed by atoms with van der Waals surface area (Å²) in [6.45, 7) is 3.11. The molecule has 0 saturated carbocycles. The molecule has 0 aliphatic carbocycles. The van der Waals surface area contributed by atoms with Gasteiger partial charge in [0.15, 0.2) is 5.78 Å². The lowest BCUT2D eigenvalue weighted by molar-refractivity contribution is 0.101. The van der Waals surface area contributed by atoms with Crippen LogP contribution in [0.5, 0.6) is 0 Å². The van der Waals surface area contributed by atoms with Crippen molar-refractivity contribution in [1.29, 1.82) is 0 Å². The van der Waals surface area contributed by atoms with Crippen molar-refractivity contribution in [3.8, 4) is 0 Å². The van der Waals surface area contributed by atoms with Crippen molar-refractivity contribution in [2.24, 2.45) is 0 Å². The van der Waals surface area contributed by atoms with Crippen LogP contribution in [0.4, 0.5) is 10.1 Å². The fraction of sp³-hybridized carbons (Fsp3) is 0.125. The summed E-state index contributed by atoms with van der Waals surface area (Å²) in [5.74, 6) is -0.840. The Balaban J connectivity index is 2.14. The number of Topliss-reactive ketones (excluding diaryl/α,β-unsaturated/α-hetero) is 1. The normalized spacial score (nSPS) is 10.2. The maximum Gasteiger partial charge on any atom is 0.255 e. The number of hydrogen-bond acceptors (Lipinski definition) is 2. The minimum absolute atomic E-state index is 0.0384. The van der Waals surface area contributed by atoms with Gasteiger partial charge in [0.25, 0.3) is 5.91 Å². The molecule has 1 N–H and O–H groups in total. The number of amides is 1. The third-order valence-electron chi connectivity index (χ3n) is 2.98. The Labute approximate surface area is 116 Å². The third kappa shape index (κ3) is 3.09. The van der Waals surface area contributed by atoms with E-state index in [1.807, 2.05) is 0 Å². The van der Waals surface area contributed by atoms with Crippen molar-refractivity contribution < 1.29 is 14.0 Å². The molecule has 102 valence electrons. The molecule has 3 nitrogen and oxygen atoms in total. The summed E-state index contributed by atoms with van der Waals surface area (Å²) in [5.41, 5.74) is 1.88. The van der Waals surface area contributed by atoms with Gasteiger partial charge in [0, 0.05) is 16.8 Å². The average Bonchev–Trinajstić information content (AvgIpc) is 2.42. The molecule has 0 aromatic heterocycles. The SMILES string of the molecule is CC(=O)c1ccc(NC(=O)c2ccc(C)c(F)c2)cc1. The smallest absolute Gasteiger partial charge is 0.255 e. The van der Waals surface area contributed by atoms with Crippen molar-refractivity contribution in [2.45, 2.75) is 13.8 Å². The van der Waals surface area contributed by atoms with Gasteiger partial charge >= 0.3 is 0 Å². The van der Waals surface area contributed by atoms with E-state index in [1.54, 1.807) is 43.3 Å². The van der Waals surface area contributed by atoms with Gasteiger partial charge in [0.05, 0.1) is 0 Å². The molecular formula is C16H14FNO2. The van der Waals surface area contributed by atoms with Crippen LogP contribution in [0.3, 0.4) is 0 Å². The highest BCUT2D eigenvalue weighted by Crippen LogP contribution is 2.14. The number of rotatable bonds is 3. The Morgan fingerprint density at radius 3 is 2.15 bits per heavy atom. The molecule has 0 atom stereocenters. The van der Waals surface area contributed by atoms with E-state index in [0.717, 1.165) is 0 Å². The second-order valence-electron chi connectivity index (χ2n) is 4.55. The number of anilines is 1. The van der Waals surface area contributed by atoms with Crippen molar-refractivity contribution in [3.63, 3.8) is 0 Å². The lowest BCUT2D eigenvalue weighted by atomic mass is 10.1. The van der Waals surface area contributed by atoms with E-state index in [2.05, 4.69) is 5.32 Å². The summed E-state index contributed by atoms with van der Waals surface area (Å²) in [6.07, 6.45) is 0. The quantitative estimate of drug-likeness (QED) is 0.867. The van der Waals surface area contributed by atoms with Crippen LogP contribution >= 0.6 is 0 Å². The van der Waals surface area contributed by atoms with Crippen molar-refractivity contribution in [3.05, 3.63) is 65.0 Å². The molecule has 0 aliphatic rings. The van der Waals surface area contributed by atoms with Crippen molar-refractivity contribution >= 4 is 17.4 Å². The van der Waals surface area contributed by atoms with Crippen LogP contribution in [0, 0.1) is 12.7 Å². The second-order valence-corrected chi connectivity index (χ2v) is 4.55. The lowest BCUT2D eigenvalue weighted by Crippen LogP contribution is -2.12. The molecule has 0 aliphatic heterocycles. The molecule has 1 amide bonds. The highest BCUT2D eigenvalue weighted by Gasteiger charge is 2.08. The first-order valence-electron chi connectivity index (χ1n) is 6.16. The van der Waals surface area contributed by atoms with Gasteiger partial charge in [-0.3, -0.25) is 9.59 Å². The molecule has 0 spiro atoms. The first-order chi connectivity index (χ1) is 9.47. The number of carbonyl (C=O) groups is 2. The zero-order valence-electron chi connectivity index (χ0n) is 11.2. The van der Waals surface area contributed by atoms with E-state index in [1.165, 1.54) is 13.0 Å². The Bertz CT molecular complexity index is 663. The highest BCUT2D eigenvalue weighted by atomic mass is 19.1. The number of carbonyl (C=O) groups excluding carboxylic acids is 2. The van der Waals surface area contributed by atoms with Crippen LogP contribution in [0.1, 0.15) is 33.2 Å². The summed E-state index contributed by atoms with van der Waals surface area (Å²) >= 11 is 0. The van der Waals surface area contributed by atoms with Gasteiger partial charge in [-0.1, -0.05) is 6.07 Å². The van der Waals surface area contributed by atoms with E-state index in [9.17, 15) is 14.0 Å². The van der Waals surface area contributed by atoms with Crippen LogP contribution in [0.25, 0.3) is 0 Å². The van der Waals surface area contributed by atoms with E-state index in [-0.39, 0.29) is 17.3 Å². The number of hydrogen-bond donors (Lipinski definition) is 1. The average molecular weight is 271 g/mol. The minimum atomic E-state index is -0.412. The van der Waals surface area contributed by atoms with E-state index < -0.39 is 5.82 Å². The minimum Gasteiger partial charge on any atom is -0.322 e. The number of nitrogens with one attached hydrogen (secondary N) is 1. The Hall–Kier alpha value is -2.49. The van der Waals surface area contributed by atoms with Crippen LogP contribution in [0.2, 0.25) is 0 Å². The third-order valence-corrected chi connectivity index (χ3v) is 2.98. The van der Waals surface area contributed by atoms with Crippen molar-refractivity contribution in [1.82, 2.24) is 0 Å². The van der Waals surface area contributed by atoms with Gasteiger partial charge in [-0.25, -0.2) is 4.39 Å². The monoisotopic (exact) mass is 271 g/mol. The topological polar surface area (TPSA) is 46.2 Å².